The van der Waals surface area contributed by atoms with Gasteiger partial charge in [0.2, 0.25) is 0 Å². The maximum atomic E-state index is 4.72. The fourth-order valence-electron chi connectivity index (χ4n) is 3.73. The summed E-state index contributed by atoms with van der Waals surface area (Å²) in [5.74, 6) is 0.806. The van der Waals surface area contributed by atoms with Gasteiger partial charge in [-0.25, -0.2) is 4.99 Å². The minimum Gasteiger partial charge on any atom is -0.367 e. The standard InChI is InChI=1S/C25H29N5.HI/c1-2-26-25(29-18-23-8-5-6-15-27-23)28-17-20-10-12-21(13-11-20)19-30-16-14-22-7-3-4-9-24(22)30;/h3-13,15H,2,14,16-19H2,1H3,(H2,26,28,29);1H. The van der Waals surface area contributed by atoms with Gasteiger partial charge in [-0.1, -0.05) is 48.5 Å². The summed E-state index contributed by atoms with van der Waals surface area (Å²) >= 11 is 0. The van der Waals surface area contributed by atoms with E-state index in [1.165, 1.54) is 22.4 Å². The quantitative estimate of drug-likeness (QED) is 0.270. The molecule has 0 saturated carbocycles. The molecule has 0 unspecified atom stereocenters. The van der Waals surface area contributed by atoms with Crippen LogP contribution >= 0.6 is 24.0 Å². The van der Waals surface area contributed by atoms with E-state index in [9.17, 15) is 0 Å². The van der Waals surface area contributed by atoms with Crippen LogP contribution in [0.15, 0.2) is 77.9 Å². The van der Waals surface area contributed by atoms with Crippen LogP contribution in [-0.4, -0.2) is 24.0 Å². The highest BCUT2D eigenvalue weighted by molar-refractivity contribution is 14.0. The Kier molecular flexibility index (Phi) is 8.70. The van der Waals surface area contributed by atoms with E-state index in [4.69, 9.17) is 4.99 Å². The summed E-state index contributed by atoms with van der Waals surface area (Å²) in [6.07, 6.45) is 2.95. The minimum atomic E-state index is 0. The molecule has 31 heavy (non-hydrogen) atoms. The molecule has 0 fully saturated rings. The van der Waals surface area contributed by atoms with Crippen LogP contribution in [-0.2, 0) is 26.1 Å². The molecule has 2 heterocycles. The lowest BCUT2D eigenvalue weighted by molar-refractivity contribution is 0.799. The first-order valence-electron chi connectivity index (χ1n) is 10.6. The SMILES string of the molecule is CCNC(=NCc1ccc(CN2CCc3ccccc32)cc1)NCc1ccccn1.I. The van der Waals surface area contributed by atoms with Crippen molar-refractivity contribution in [3.63, 3.8) is 0 Å². The third-order valence-corrected chi connectivity index (χ3v) is 5.31. The Balaban J connectivity index is 0.00000272. The number of nitrogens with zero attached hydrogens (tertiary/aromatic N) is 3. The number of halogens is 1. The van der Waals surface area contributed by atoms with Crippen molar-refractivity contribution in [2.24, 2.45) is 4.99 Å². The Morgan fingerprint density at radius 2 is 1.74 bits per heavy atom. The summed E-state index contributed by atoms with van der Waals surface area (Å²) in [4.78, 5) is 11.5. The molecule has 0 saturated heterocycles. The molecule has 0 aliphatic carbocycles. The molecule has 1 aliphatic rings. The molecule has 162 valence electrons. The van der Waals surface area contributed by atoms with E-state index in [2.05, 4.69) is 76.0 Å². The Morgan fingerprint density at radius 3 is 2.52 bits per heavy atom. The van der Waals surface area contributed by atoms with E-state index in [0.29, 0.717) is 13.1 Å². The minimum absolute atomic E-state index is 0. The van der Waals surface area contributed by atoms with Crippen LogP contribution in [0.3, 0.4) is 0 Å². The first-order chi connectivity index (χ1) is 14.8. The van der Waals surface area contributed by atoms with Gasteiger partial charge in [0, 0.05) is 31.5 Å². The van der Waals surface area contributed by atoms with Crippen molar-refractivity contribution in [2.75, 3.05) is 18.0 Å². The molecule has 6 heteroatoms. The molecular weight excluding hydrogens is 497 g/mol. The van der Waals surface area contributed by atoms with Gasteiger partial charge in [-0.05, 0) is 48.2 Å². The molecule has 0 atom stereocenters. The zero-order valence-electron chi connectivity index (χ0n) is 17.9. The number of rotatable bonds is 7. The number of pyridine rings is 1. The van der Waals surface area contributed by atoms with E-state index in [0.717, 1.165) is 37.7 Å². The fraction of sp³-hybridized carbons (Fsp3) is 0.280. The summed E-state index contributed by atoms with van der Waals surface area (Å²) in [6, 6.07) is 23.5. The monoisotopic (exact) mass is 527 g/mol. The van der Waals surface area contributed by atoms with Gasteiger partial charge in [0.05, 0.1) is 18.8 Å². The van der Waals surface area contributed by atoms with Gasteiger partial charge < -0.3 is 15.5 Å². The first-order valence-corrected chi connectivity index (χ1v) is 10.6. The summed E-state index contributed by atoms with van der Waals surface area (Å²) in [5.41, 5.74) is 6.37. The largest absolute Gasteiger partial charge is 0.367 e. The molecule has 0 bridgehead atoms. The molecule has 2 aromatic carbocycles. The second-order valence-electron chi connectivity index (χ2n) is 7.49. The van der Waals surface area contributed by atoms with Crippen molar-refractivity contribution in [3.8, 4) is 0 Å². The van der Waals surface area contributed by atoms with Gasteiger partial charge >= 0.3 is 0 Å². The van der Waals surface area contributed by atoms with E-state index in [1.807, 2.05) is 24.4 Å². The average Bonchev–Trinajstić information content (AvgIpc) is 3.20. The van der Waals surface area contributed by atoms with Crippen LogP contribution in [0.25, 0.3) is 0 Å². The lowest BCUT2D eigenvalue weighted by Gasteiger charge is -2.19. The molecule has 0 radical (unpaired) electrons. The number of aromatic nitrogens is 1. The lowest BCUT2D eigenvalue weighted by atomic mass is 10.1. The highest BCUT2D eigenvalue weighted by Crippen LogP contribution is 2.28. The van der Waals surface area contributed by atoms with E-state index in [-0.39, 0.29) is 24.0 Å². The second kappa shape index (κ2) is 11.7. The van der Waals surface area contributed by atoms with Gasteiger partial charge in [-0.15, -0.1) is 24.0 Å². The number of hydrogen-bond donors (Lipinski definition) is 2. The average molecular weight is 527 g/mol. The van der Waals surface area contributed by atoms with E-state index >= 15 is 0 Å². The molecule has 1 aromatic heterocycles. The Hall–Kier alpha value is -2.61. The third kappa shape index (κ3) is 6.43. The van der Waals surface area contributed by atoms with Crippen molar-refractivity contribution in [1.82, 2.24) is 15.6 Å². The van der Waals surface area contributed by atoms with Crippen LogP contribution in [0.4, 0.5) is 5.69 Å². The zero-order valence-corrected chi connectivity index (χ0v) is 20.3. The number of fused-ring (bicyclic) bond motifs is 1. The molecule has 2 N–H and O–H groups in total. The number of nitrogens with one attached hydrogen (secondary N) is 2. The summed E-state index contributed by atoms with van der Waals surface area (Å²) in [5, 5.41) is 6.64. The highest BCUT2D eigenvalue weighted by atomic mass is 127. The summed E-state index contributed by atoms with van der Waals surface area (Å²) < 4.78 is 0. The number of benzene rings is 2. The topological polar surface area (TPSA) is 52.6 Å². The first kappa shape index (κ1) is 23.1. The van der Waals surface area contributed by atoms with Gasteiger partial charge in [0.15, 0.2) is 5.96 Å². The van der Waals surface area contributed by atoms with Crippen molar-refractivity contribution in [1.29, 1.82) is 0 Å². The predicted octanol–water partition coefficient (Wildman–Crippen LogP) is 4.52. The van der Waals surface area contributed by atoms with Crippen molar-refractivity contribution >= 4 is 35.6 Å². The van der Waals surface area contributed by atoms with Gasteiger partial charge in [0.1, 0.15) is 0 Å². The normalized spacial score (nSPS) is 12.8. The molecular formula is C25H30IN5. The number of para-hydroxylation sites is 1. The molecule has 0 amide bonds. The molecule has 5 nitrogen and oxygen atoms in total. The van der Waals surface area contributed by atoms with Crippen molar-refractivity contribution < 1.29 is 0 Å². The number of aliphatic imine (C=N–C) groups is 1. The Labute approximate surface area is 202 Å². The second-order valence-corrected chi connectivity index (χ2v) is 7.49. The Bertz CT molecular complexity index is 973. The van der Waals surface area contributed by atoms with E-state index in [1.54, 1.807) is 0 Å². The molecule has 3 aromatic rings. The molecule has 4 rings (SSSR count). The van der Waals surface area contributed by atoms with E-state index < -0.39 is 0 Å². The van der Waals surface area contributed by atoms with Crippen LogP contribution in [0.1, 0.15) is 29.3 Å². The van der Waals surface area contributed by atoms with Crippen LogP contribution in [0.5, 0.6) is 0 Å². The van der Waals surface area contributed by atoms with Gasteiger partial charge in [0.25, 0.3) is 0 Å². The summed E-state index contributed by atoms with van der Waals surface area (Å²) in [6.45, 7) is 6.25. The maximum Gasteiger partial charge on any atom is 0.191 e. The smallest absolute Gasteiger partial charge is 0.191 e. The molecule has 1 aliphatic heterocycles. The number of anilines is 1. The van der Waals surface area contributed by atoms with Crippen LogP contribution in [0.2, 0.25) is 0 Å². The maximum absolute atomic E-state index is 4.72. The highest BCUT2D eigenvalue weighted by Gasteiger charge is 2.17. The third-order valence-electron chi connectivity index (χ3n) is 5.31. The molecule has 0 spiro atoms. The van der Waals surface area contributed by atoms with Gasteiger partial charge in [-0.3, -0.25) is 4.98 Å². The number of hydrogen-bond acceptors (Lipinski definition) is 3. The summed E-state index contributed by atoms with van der Waals surface area (Å²) in [7, 11) is 0. The van der Waals surface area contributed by atoms with Crippen LogP contribution in [0, 0.1) is 0 Å². The van der Waals surface area contributed by atoms with Crippen LogP contribution < -0.4 is 15.5 Å². The predicted molar refractivity (Wildman–Crippen MR) is 139 cm³/mol. The van der Waals surface area contributed by atoms with Crippen molar-refractivity contribution in [3.05, 3.63) is 95.3 Å². The number of guanidine groups is 1. The Morgan fingerprint density at radius 1 is 0.968 bits per heavy atom. The zero-order chi connectivity index (χ0) is 20.6. The fourth-order valence-corrected chi connectivity index (χ4v) is 3.73. The van der Waals surface area contributed by atoms with Gasteiger partial charge in [-0.2, -0.15) is 0 Å². The van der Waals surface area contributed by atoms with Crippen molar-refractivity contribution in [2.45, 2.75) is 33.0 Å². The lowest BCUT2D eigenvalue weighted by Crippen LogP contribution is -2.37.